The molecule has 6 heteroatoms. The van der Waals surface area contributed by atoms with Gasteiger partial charge in [0.15, 0.2) is 12.4 Å². The summed E-state index contributed by atoms with van der Waals surface area (Å²) in [5, 5.41) is 2.84. The summed E-state index contributed by atoms with van der Waals surface area (Å²) in [5.74, 6) is -1.26. The molecule has 1 heterocycles. The minimum absolute atomic E-state index is 0.253. The van der Waals surface area contributed by atoms with Gasteiger partial charge in [0.25, 0.3) is 5.91 Å². The SMILES string of the molecule is CCCCCCCCCCCCCCCCCC(=O)OCC(=O)NC1(C)COC(C)(C)OC1. The standard InChI is InChI=1S/C27H51NO5/c1-5-6-7-8-9-10-11-12-13-14-15-16-17-18-19-20-25(30)31-21-24(29)28-27(4)22-32-26(2,3)33-23-27/h5-23H2,1-4H3,(H,28,29). The summed E-state index contributed by atoms with van der Waals surface area (Å²) in [4.78, 5) is 24.0. The topological polar surface area (TPSA) is 73.9 Å². The molecule has 1 rings (SSSR count). The average Bonchev–Trinajstić information content (AvgIpc) is 2.77. The lowest BCUT2D eigenvalue weighted by atomic mass is 10.0. The highest BCUT2D eigenvalue weighted by Gasteiger charge is 2.37. The third-order valence-corrected chi connectivity index (χ3v) is 6.27. The summed E-state index contributed by atoms with van der Waals surface area (Å²) in [6.07, 6.45) is 19.8. The van der Waals surface area contributed by atoms with E-state index >= 15 is 0 Å². The van der Waals surface area contributed by atoms with Crippen molar-refractivity contribution in [3.8, 4) is 0 Å². The number of carbonyl (C=O) groups excluding carboxylic acids is 2. The van der Waals surface area contributed by atoms with Crippen LogP contribution in [0.2, 0.25) is 0 Å². The molecular formula is C27H51NO5. The lowest BCUT2D eigenvalue weighted by molar-refractivity contribution is -0.268. The van der Waals surface area contributed by atoms with E-state index in [1.807, 2.05) is 20.8 Å². The minimum atomic E-state index is -0.635. The molecule has 0 unspecified atom stereocenters. The van der Waals surface area contributed by atoms with Crippen molar-refractivity contribution in [3.63, 3.8) is 0 Å². The van der Waals surface area contributed by atoms with Crippen LogP contribution < -0.4 is 5.32 Å². The van der Waals surface area contributed by atoms with E-state index in [2.05, 4.69) is 12.2 Å². The molecule has 0 saturated carbocycles. The number of hydrogen-bond donors (Lipinski definition) is 1. The van der Waals surface area contributed by atoms with Gasteiger partial charge in [-0.25, -0.2) is 0 Å². The molecular weight excluding hydrogens is 418 g/mol. The van der Waals surface area contributed by atoms with Gasteiger partial charge in [0, 0.05) is 6.42 Å². The number of nitrogens with one attached hydrogen (secondary N) is 1. The van der Waals surface area contributed by atoms with E-state index < -0.39 is 11.3 Å². The van der Waals surface area contributed by atoms with Crippen LogP contribution in [-0.4, -0.2) is 43.0 Å². The van der Waals surface area contributed by atoms with Crippen LogP contribution in [-0.2, 0) is 23.8 Å². The van der Waals surface area contributed by atoms with Gasteiger partial charge in [-0.15, -0.1) is 0 Å². The first-order valence-electron chi connectivity index (χ1n) is 13.5. The zero-order valence-corrected chi connectivity index (χ0v) is 22.0. The Bertz CT molecular complexity index is 525. The molecule has 0 bridgehead atoms. The van der Waals surface area contributed by atoms with Crippen molar-refractivity contribution in [1.82, 2.24) is 5.32 Å². The van der Waals surface area contributed by atoms with Gasteiger partial charge in [0.05, 0.1) is 18.8 Å². The van der Waals surface area contributed by atoms with Crippen LogP contribution in [0.15, 0.2) is 0 Å². The lowest BCUT2D eigenvalue weighted by Gasteiger charge is -2.41. The van der Waals surface area contributed by atoms with E-state index in [-0.39, 0.29) is 18.5 Å². The van der Waals surface area contributed by atoms with Crippen molar-refractivity contribution in [1.29, 1.82) is 0 Å². The number of amides is 1. The van der Waals surface area contributed by atoms with E-state index in [1.165, 1.54) is 83.5 Å². The van der Waals surface area contributed by atoms with Crippen molar-refractivity contribution in [2.24, 2.45) is 0 Å². The molecule has 0 spiro atoms. The summed E-state index contributed by atoms with van der Waals surface area (Å²) in [6.45, 7) is 8.28. The first kappa shape index (κ1) is 29.9. The van der Waals surface area contributed by atoms with Crippen LogP contribution in [0, 0.1) is 0 Å². The van der Waals surface area contributed by atoms with Crippen LogP contribution >= 0.6 is 0 Å². The van der Waals surface area contributed by atoms with Gasteiger partial charge in [-0.2, -0.15) is 0 Å². The van der Waals surface area contributed by atoms with Crippen molar-refractivity contribution in [2.75, 3.05) is 19.8 Å². The van der Waals surface area contributed by atoms with E-state index in [9.17, 15) is 9.59 Å². The number of rotatable bonds is 19. The largest absolute Gasteiger partial charge is 0.456 e. The smallest absolute Gasteiger partial charge is 0.306 e. The lowest BCUT2D eigenvalue weighted by Crippen LogP contribution is -2.59. The highest BCUT2D eigenvalue weighted by molar-refractivity contribution is 5.81. The average molecular weight is 470 g/mol. The normalized spacial score (nSPS) is 17.0. The maximum Gasteiger partial charge on any atom is 0.306 e. The molecule has 0 radical (unpaired) electrons. The van der Waals surface area contributed by atoms with Gasteiger partial charge in [-0.1, -0.05) is 96.8 Å². The Morgan fingerprint density at radius 3 is 1.61 bits per heavy atom. The predicted octanol–water partition coefficient (Wildman–Crippen LogP) is 6.45. The molecule has 0 aromatic rings. The van der Waals surface area contributed by atoms with E-state index in [4.69, 9.17) is 14.2 Å². The number of carbonyl (C=O) groups is 2. The Balaban J connectivity index is 1.89. The molecule has 1 amide bonds. The van der Waals surface area contributed by atoms with Crippen molar-refractivity contribution in [2.45, 2.75) is 142 Å². The fraction of sp³-hybridized carbons (Fsp3) is 0.926. The van der Waals surface area contributed by atoms with Crippen LogP contribution in [0.5, 0.6) is 0 Å². The second-order valence-corrected chi connectivity index (χ2v) is 10.4. The van der Waals surface area contributed by atoms with Gasteiger partial charge < -0.3 is 19.5 Å². The molecule has 0 aliphatic carbocycles. The summed E-state index contributed by atoms with van der Waals surface area (Å²) >= 11 is 0. The number of hydrogen-bond acceptors (Lipinski definition) is 5. The molecule has 0 aromatic heterocycles. The number of esters is 1. The third-order valence-electron chi connectivity index (χ3n) is 6.27. The summed E-state index contributed by atoms with van der Waals surface area (Å²) in [6, 6.07) is 0. The Kier molecular flexibility index (Phi) is 15.7. The predicted molar refractivity (Wildman–Crippen MR) is 133 cm³/mol. The maximum absolute atomic E-state index is 12.1. The Morgan fingerprint density at radius 1 is 0.727 bits per heavy atom. The van der Waals surface area contributed by atoms with E-state index in [1.54, 1.807) is 0 Å². The molecule has 1 fully saturated rings. The zero-order valence-electron chi connectivity index (χ0n) is 22.0. The Morgan fingerprint density at radius 2 is 1.15 bits per heavy atom. The second kappa shape index (κ2) is 17.3. The highest BCUT2D eigenvalue weighted by Crippen LogP contribution is 2.23. The van der Waals surface area contributed by atoms with Gasteiger partial charge in [0.1, 0.15) is 0 Å². The van der Waals surface area contributed by atoms with Crippen LogP contribution in [0.1, 0.15) is 130 Å². The number of ether oxygens (including phenoxy) is 3. The first-order valence-corrected chi connectivity index (χ1v) is 13.5. The summed E-state index contributed by atoms with van der Waals surface area (Å²) < 4.78 is 16.3. The molecule has 194 valence electrons. The second-order valence-electron chi connectivity index (χ2n) is 10.4. The van der Waals surface area contributed by atoms with Gasteiger partial charge in [0.2, 0.25) is 0 Å². The minimum Gasteiger partial charge on any atom is -0.456 e. The van der Waals surface area contributed by atoms with Crippen molar-refractivity contribution >= 4 is 11.9 Å². The monoisotopic (exact) mass is 469 g/mol. The molecule has 33 heavy (non-hydrogen) atoms. The van der Waals surface area contributed by atoms with Gasteiger partial charge >= 0.3 is 5.97 Å². The van der Waals surface area contributed by atoms with Crippen molar-refractivity contribution < 1.29 is 23.8 Å². The quantitative estimate of drug-likeness (QED) is 0.174. The third kappa shape index (κ3) is 16.2. The van der Waals surface area contributed by atoms with Crippen molar-refractivity contribution in [3.05, 3.63) is 0 Å². The molecule has 1 saturated heterocycles. The molecule has 1 aliphatic rings. The Hall–Kier alpha value is -1.14. The first-order chi connectivity index (χ1) is 15.8. The molecule has 1 N–H and O–H groups in total. The molecule has 0 atom stereocenters. The molecule has 0 aromatic carbocycles. The maximum atomic E-state index is 12.1. The van der Waals surface area contributed by atoms with Crippen LogP contribution in [0.3, 0.4) is 0 Å². The summed E-state index contributed by atoms with van der Waals surface area (Å²) in [7, 11) is 0. The van der Waals surface area contributed by atoms with Crippen LogP contribution in [0.4, 0.5) is 0 Å². The molecule has 6 nitrogen and oxygen atoms in total. The fourth-order valence-corrected chi connectivity index (χ4v) is 4.05. The Labute approximate surface area is 202 Å². The zero-order chi connectivity index (χ0) is 24.4. The summed E-state index contributed by atoms with van der Waals surface area (Å²) in [5.41, 5.74) is -0.604. The molecule has 1 aliphatic heterocycles. The van der Waals surface area contributed by atoms with E-state index in [0.29, 0.717) is 19.6 Å². The van der Waals surface area contributed by atoms with Crippen LogP contribution in [0.25, 0.3) is 0 Å². The van der Waals surface area contributed by atoms with Gasteiger partial charge in [-0.05, 0) is 27.2 Å². The van der Waals surface area contributed by atoms with Gasteiger partial charge in [-0.3, -0.25) is 9.59 Å². The fourth-order valence-electron chi connectivity index (χ4n) is 4.05. The number of unbranched alkanes of at least 4 members (excludes halogenated alkanes) is 14. The highest BCUT2D eigenvalue weighted by atomic mass is 16.7. The van der Waals surface area contributed by atoms with E-state index in [0.717, 1.165) is 12.8 Å².